The van der Waals surface area contributed by atoms with Crippen molar-refractivity contribution in [2.45, 2.75) is 6.61 Å². The van der Waals surface area contributed by atoms with Crippen molar-refractivity contribution in [2.24, 2.45) is 0 Å². The highest BCUT2D eigenvalue weighted by molar-refractivity contribution is 5.83. The Hall–Kier alpha value is -2.95. The van der Waals surface area contributed by atoms with Crippen molar-refractivity contribution in [1.82, 2.24) is 4.98 Å². The second-order valence-electron chi connectivity index (χ2n) is 5.08. The van der Waals surface area contributed by atoms with Gasteiger partial charge in [0.25, 0.3) is 0 Å². The summed E-state index contributed by atoms with van der Waals surface area (Å²) in [4.78, 5) is 4.51. The first-order valence-corrected chi connectivity index (χ1v) is 7.19. The minimum absolute atomic E-state index is 0.437. The molecule has 2 N–H and O–H groups in total. The van der Waals surface area contributed by atoms with Gasteiger partial charge in [-0.2, -0.15) is 0 Å². The van der Waals surface area contributed by atoms with Crippen LogP contribution in [0, 0.1) is 0 Å². The van der Waals surface area contributed by atoms with E-state index in [1.54, 1.807) is 14.2 Å². The molecule has 3 rings (SSSR count). The van der Waals surface area contributed by atoms with E-state index >= 15 is 0 Å². The highest BCUT2D eigenvalue weighted by Crippen LogP contribution is 2.32. The van der Waals surface area contributed by atoms with E-state index in [1.807, 2.05) is 48.5 Å². The van der Waals surface area contributed by atoms with Gasteiger partial charge in [-0.05, 0) is 29.8 Å². The fourth-order valence-corrected chi connectivity index (χ4v) is 2.28. The number of methoxy groups -OCH3 is 2. The monoisotopic (exact) mass is 310 g/mol. The molecular weight excluding hydrogens is 292 g/mol. The van der Waals surface area contributed by atoms with E-state index in [1.165, 1.54) is 0 Å². The predicted octanol–water partition coefficient (Wildman–Crippen LogP) is 3.41. The van der Waals surface area contributed by atoms with Crippen LogP contribution in [0.5, 0.6) is 17.4 Å². The third kappa shape index (κ3) is 3.29. The lowest BCUT2D eigenvalue weighted by molar-refractivity contribution is 0.295. The lowest BCUT2D eigenvalue weighted by Gasteiger charge is -2.10. The molecule has 0 saturated heterocycles. The smallest absolute Gasteiger partial charge is 0.214 e. The van der Waals surface area contributed by atoms with Gasteiger partial charge in [-0.15, -0.1) is 0 Å². The minimum atomic E-state index is 0.437. The third-order valence-electron chi connectivity index (χ3n) is 3.54. The lowest BCUT2D eigenvalue weighted by Crippen LogP contribution is -1.98. The number of anilines is 1. The van der Waals surface area contributed by atoms with Crippen molar-refractivity contribution < 1.29 is 14.2 Å². The van der Waals surface area contributed by atoms with Gasteiger partial charge in [-0.25, -0.2) is 4.98 Å². The number of nitrogens with two attached hydrogens (primary N) is 1. The number of nitrogen functional groups attached to an aromatic ring is 1. The molecule has 0 unspecified atom stereocenters. The maximum atomic E-state index is 5.75. The predicted molar refractivity (Wildman–Crippen MR) is 90.0 cm³/mol. The average Bonchev–Trinajstić information content (AvgIpc) is 2.59. The van der Waals surface area contributed by atoms with Gasteiger partial charge in [0.05, 0.1) is 19.7 Å². The first kappa shape index (κ1) is 15.0. The molecule has 0 atom stereocenters. The standard InChI is InChI=1S/C18H18N2O3/c1-21-16-9-13-5-8-18(20-15(13)10-17(16)22-2)23-11-12-3-6-14(19)7-4-12/h3-10H,11,19H2,1-2H3. The van der Waals surface area contributed by atoms with Crippen LogP contribution in [0.25, 0.3) is 10.9 Å². The minimum Gasteiger partial charge on any atom is -0.493 e. The van der Waals surface area contributed by atoms with Crippen molar-refractivity contribution in [2.75, 3.05) is 20.0 Å². The summed E-state index contributed by atoms with van der Waals surface area (Å²) in [7, 11) is 3.21. The van der Waals surface area contributed by atoms with E-state index in [0.717, 1.165) is 22.2 Å². The zero-order valence-electron chi connectivity index (χ0n) is 13.1. The molecule has 3 aromatic rings. The summed E-state index contributed by atoms with van der Waals surface area (Å²) in [6.07, 6.45) is 0. The molecule has 0 bridgehead atoms. The largest absolute Gasteiger partial charge is 0.493 e. The number of ether oxygens (including phenoxy) is 3. The van der Waals surface area contributed by atoms with E-state index in [-0.39, 0.29) is 0 Å². The first-order chi connectivity index (χ1) is 11.2. The van der Waals surface area contributed by atoms with Crippen molar-refractivity contribution in [3.8, 4) is 17.4 Å². The Morgan fingerprint density at radius 1 is 0.913 bits per heavy atom. The highest BCUT2D eigenvalue weighted by Gasteiger charge is 2.08. The van der Waals surface area contributed by atoms with Crippen molar-refractivity contribution >= 4 is 16.6 Å². The van der Waals surface area contributed by atoms with E-state index < -0.39 is 0 Å². The van der Waals surface area contributed by atoms with Gasteiger partial charge in [0.15, 0.2) is 11.5 Å². The van der Waals surface area contributed by atoms with E-state index in [4.69, 9.17) is 19.9 Å². The van der Waals surface area contributed by atoms with Crippen LogP contribution in [0.3, 0.4) is 0 Å². The quantitative estimate of drug-likeness (QED) is 0.731. The molecule has 0 saturated carbocycles. The SMILES string of the molecule is COc1cc2ccc(OCc3ccc(N)cc3)nc2cc1OC. The van der Waals surface area contributed by atoms with Crippen LogP contribution in [0.4, 0.5) is 5.69 Å². The first-order valence-electron chi connectivity index (χ1n) is 7.19. The van der Waals surface area contributed by atoms with Crippen LogP contribution in [-0.2, 0) is 6.61 Å². The number of fused-ring (bicyclic) bond motifs is 1. The van der Waals surface area contributed by atoms with Crippen molar-refractivity contribution in [3.63, 3.8) is 0 Å². The van der Waals surface area contributed by atoms with Gasteiger partial charge in [0.2, 0.25) is 5.88 Å². The molecule has 1 aromatic heterocycles. The van der Waals surface area contributed by atoms with E-state index in [9.17, 15) is 0 Å². The number of hydrogen-bond donors (Lipinski definition) is 1. The molecule has 1 heterocycles. The van der Waals surface area contributed by atoms with Crippen LogP contribution in [0.15, 0.2) is 48.5 Å². The second-order valence-corrected chi connectivity index (χ2v) is 5.08. The average molecular weight is 310 g/mol. The lowest BCUT2D eigenvalue weighted by atomic mass is 10.2. The Kier molecular flexibility index (Phi) is 4.19. The Bertz CT molecular complexity index is 816. The molecule has 5 heteroatoms. The number of hydrogen-bond acceptors (Lipinski definition) is 5. The van der Waals surface area contributed by atoms with Crippen LogP contribution in [0.1, 0.15) is 5.56 Å². The number of benzene rings is 2. The Labute approximate surface area is 134 Å². The van der Waals surface area contributed by atoms with Gasteiger partial charge in [0, 0.05) is 23.2 Å². The molecule has 0 aliphatic carbocycles. The van der Waals surface area contributed by atoms with Crippen LogP contribution in [-0.4, -0.2) is 19.2 Å². The van der Waals surface area contributed by atoms with Crippen LogP contribution < -0.4 is 19.9 Å². The number of aromatic nitrogens is 1. The Morgan fingerprint density at radius 3 is 2.30 bits per heavy atom. The highest BCUT2D eigenvalue weighted by atomic mass is 16.5. The fraction of sp³-hybridized carbons (Fsp3) is 0.167. The summed E-state index contributed by atoms with van der Waals surface area (Å²) in [6, 6.07) is 15.1. The third-order valence-corrected chi connectivity index (χ3v) is 3.54. The summed E-state index contributed by atoms with van der Waals surface area (Å²) in [6.45, 7) is 0.437. The number of nitrogens with zero attached hydrogens (tertiary/aromatic N) is 1. The van der Waals surface area contributed by atoms with Gasteiger partial charge in [0.1, 0.15) is 6.61 Å². The molecular formula is C18H18N2O3. The molecule has 0 aliphatic rings. The second kappa shape index (κ2) is 6.44. The molecule has 5 nitrogen and oxygen atoms in total. The summed E-state index contributed by atoms with van der Waals surface area (Å²) in [5, 5.41) is 0.961. The fourth-order valence-electron chi connectivity index (χ4n) is 2.28. The number of pyridine rings is 1. The summed E-state index contributed by atoms with van der Waals surface area (Å²) >= 11 is 0. The van der Waals surface area contributed by atoms with E-state index in [0.29, 0.717) is 24.0 Å². The Balaban J connectivity index is 1.83. The van der Waals surface area contributed by atoms with Crippen molar-refractivity contribution in [3.05, 3.63) is 54.1 Å². The zero-order chi connectivity index (χ0) is 16.2. The van der Waals surface area contributed by atoms with Crippen LogP contribution >= 0.6 is 0 Å². The van der Waals surface area contributed by atoms with Gasteiger partial charge in [-0.3, -0.25) is 0 Å². The van der Waals surface area contributed by atoms with Gasteiger partial charge in [-0.1, -0.05) is 12.1 Å². The molecule has 0 fully saturated rings. The molecule has 118 valence electrons. The summed E-state index contributed by atoms with van der Waals surface area (Å²) in [5.74, 6) is 1.88. The molecule has 2 aromatic carbocycles. The molecule has 0 radical (unpaired) electrons. The number of rotatable bonds is 5. The summed E-state index contributed by atoms with van der Waals surface area (Å²) in [5.41, 5.74) is 8.23. The maximum absolute atomic E-state index is 5.75. The molecule has 0 aliphatic heterocycles. The van der Waals surface area contributed by atoms with Crippen LogP contribution in [0.2, 0.25) is 0 Å². The maximum Gasteiger partial charge on any atom is 0.214 e. The normalized spacial score (nSPS) is 10.5. The zero-order valence-corrected chi connectivity index (χ0v) is 13.1. The van der Waals surface area contributed by atoms with Gasteiger partial charge < -0.3 is 19.9 Å². The van der Waals surface area contributed by atoms with Gasteiger partial charge >= 0.3 is 0 Å². The van der Waals surface area contributed by atoms with E-state index in [2.05, 4.69) is 4.98 Å². The molecule has 0 spiro atoms. The van der Waals surface area contributed by atoms with Crippen molar-refractivity contribution in [1.29, 1.82) is 0 Å². The summed E-state index contributed by atoms with van der Waals surface area (Å²) < 4.78 is 16.3. The molecule has 23 heavy (non-hydrogen) atoms. The molecule has 0 amide bonds. The Morgan fingerprint density at radius 2 is 1.61 bits per heavy atom. The topological polar surface area (TPSA) is 66.6 Å².